The van der Waals surface area contributed by atoms with Crippen LogP contribution in [0.25, 0.3) is 17.1 Å². The molecule has 1 aliphatic rings. The van der Waals surface area contributed by atoms with Crippen LogP contribution in [0.1, 0.15) is 44.0 Å². The quantitative estimate of drug-likeness (QED) is 0.481. The first-order valence-corrected chi connectivity index (χ1v) is 11.4. The maximum atomic E-state index is 6.14. The molecule has 1 aromatic heterocycles. The van der Waals surface area contributed by atoms with Crippen molar-refractivity contribution in [2.24, 2.45) is 0 Å². The molecule has 0 atom stereocenters. The van der Waals surface area contributed by atoms with Gasteiger partial charge in [0, 0.05) is 0 Å². The lowest BCUT2D eigenvalue weighted by atomic mass is 10.2. The number of likely N-dealkylation sites (tertiary alicyclic amines) is 1. The van der Waals surface area contributed by atoms with E-state index in [4.69, 9.17) is 14.5 Å². The predicted molar refractivity (Wildman–Crippen MR) is 127 cm³/mol. The van der Waals surface area contributed by atoms with Gasteiger partial charge in [0.05, 0.1) is 31.2 Å². The Morgan fingerprint density at radius 2 is 1.81 bits per heavy atom. The second-order valence-electron chi connectivity index (χ2n) is 8.12. The summed E-state index contributed by atoms with van der Waals surface area (Å²) in [6.45, 7) is 6.55. The number of allylic oxidation sites excluding steroid dienone is 1. The minimum Gasteiger partial charge on any atom is -0.493 e. The summed E-state index contributed by atoms with van der Waals surface area (Å²) in [6, 6.07) is 14.4. The smallest absolute Gasteiger partial charge is 0.161 e. The number of para-hydroxylation sites is 2. The van der Waals surface area contributed by atoms with E-state index in [0.29, 0.717) is 6.61 Å². The van der Waals surface area contributed by atoms with Crippen molar-refractivity contribution in [3.05, 3.63) is 59.9 Å². The number of hydrogen-bond donors (Lipinski definition) is 0. The molecular formula is C26H33N3O2. The largest absolute Gasteiger partial charge is 0.493 e. The molecule has 5 heteroatoms. The maximum Gasteiger partial charge on any atom is 0.161 e. The topological polar surface area (TPSA) is 39.5 Å². The Hall–Kier alpha value is -2.79. The summed E-state index contributed by atoms with van der Waals surface area (Å²) in [7, 11) is 1.68. The van der Waals surface area contributed by atoms with Crippen molar-refractivity contribution >= 4 is 17.1 Å². The number of methoxy groups -OCH3 is 1. The molecule has 1 aliphatic heterocycles. The predicted octanol–water partition coefficient (Wildman–Crippen LogP) is 5.53. The molecular weight excluding hydrogens is 386 g/mol. The van der Waals surface area contributed by atoms with Gasteiger partial charge >= 0.3 is 0 Å². The molecule has 0 unspecified atom stereocenters. The summed E-state index contributed by atoms with van der Waals surface area (Å²) in [4.78, 5) is 7.51. The molecule has 0 bridgehead atoms. The van der Waals surface area contributed by atoms with Gasteiger partial charge in [-0.1, -0.05) is 43.2 Å². The molecule has 1 saturated heterocycles. The van der Waals surface area contributed by atoms with Gasteiger partial charge < -0.3 is 14.0 Å². The number of imidazole rings is 1. The number of hydrogen-bond acceptors (Lipinski definition) is 4. The molecule has 0 spiro atoms. The van der Waals surface area contributed by atoms with E-state index in [0.717, 1.165) is 54.6 Å². The van der Waals surface area contributed by atoms with E-state index in [1.54, 1.807) is 7.11 Å². The van der Waals surface area contributed by atoms with Crippen LogP contribution in [0.5, 0.6) is 11.5 Å². The minimum absolute atomic E-state index is 0.562. The number of aromatic nitrogens is 2. The second kappa shape index (κ2) is 10.5. The Kier molecular flexibility index (Phi) is 7.26. The summed E-state index contributed by atoms with van der Waals surface area (Å²) in [5.74, 6) is 2.66. The van der Waals surface area contributed by atoms with E-state index in [2.05, 4.69) is 45.9 Å². The van der Waals surface area contributed by atoms with Gasteiger partial charge in [-0.15, -0.1) is 0 Å². The van der Waals surface area contributed by atoms with Crippen molar-refractivity contribution in [3.8, 4) is 11.5 Å². The van der Waals surface area contributed by atoms with Crippen LogP contribution in [0.4, 0.5) is 0 Å². The average Bonchev–Trinajstić information content (AvgIpc) is 2.94. The van der Waals surface area contributed by atoms with Gasteiger partial charge in [0.15, 0.2) is 11.5 Å². The standard InChI is InChI=1S/C26H33N3O2/c1-3-10-21-13-14-24(25(19-21)30-2)31-18-17-29-23-12-7-6-11-22(23)27-26(29)20-28-15-8-4-5-9-16-28/h3,6-7,10-14,19H,4-5,8-9,15-18,20H2,1-2H3/b10-3+. The molecule has 5 nitrogen and oxygen atoms in total. The molecule has 31 heavy (non-hydrogen) atoms. The van der Waals surface area contributed by atoms with Gasteiger partial charge in [-0.2, -0.15) is 0 Å². The third kappa shape index (κ3) is 5.28. The van der Waals surface area contributed by atoms with E-state index in [9.17, 15) is 0 Å². The summed E-state index contributed by atoms with van der Waals surface area (Å²) >= 11 is 0. The molecule has 0 radical (unpaired) electrons. The van der Waals surface area contributed by atoms with Crippen LogP contribution in [0.3, 0.4) is 0 Å². The Balaban J connectivity index is 1.50. The van der Waals surface area contributed by atoms with Crippen molar-refractivity contribution in [1.82, 2.24) is 14.5 Å². The molecule has 3 aromatic rings. The zero-order chi connectivity index (χ0) is 21.5. The zero-order valence-corrected chi connectivity index (χ0v) is 18.7. The highest BCUT2D eigenvalue weighted by Crippen LogP contribution is 2.29. The van der Waals surface area contributed by atoms with Crippen molar-refractivity contribution in [2.75, 3.05) is 26.8 Å². The van der Waals surface area contributed by atoms with Crippen LogP contribution in [-0.4, -0.2) is 41.3 Å². The molecule has 0 saturated carbocycles. The molecule has 0 N–H and O–H groups in total. The van der Waals surface area contributed by atoms with E-state index < -0.39 is 0 Å². The van der Waals surface area contributed by atoms with Gasteiger partial charge in [0.25, 0.3) is 0 Å². The molecule has 2 aromatic carbocycles. The lowest BCUT2D eigenvalue weighted by molar-refractivity contribution is 0.255. The summed E-state index contributed by atoms with van der Waals surface area (Å²) in [6.07, 6.45) is 9.33. The number of ether oxygens (including phenoxy) is 2. The SMILES string of the molecule is C/C=C/c1ccc(OCCn2c(CN3CCCCCC3)nc3ccccc32)c(OC)c1. The molecule has 4 rings (SSSR count). The second-order valence-corrected chi connectivity index (χ2v) is 8.12. The first-order valence-electron chi connectivity index (χ1n) is 11.4. The van der Waals surface area contributed by atoms with Crippen molar-refractivity contribution in [1.29, 1.82) is 0 Å². The Bertz CT molecular complexity index is 1020. The number of benzene rings is 2. The van der Waals surface area contributed by atoms with Crippen LogP contribution in [0.2, 0.25) is 0 Å². The highest BCUT2D eigenvalue weighted by atomic mass is 16.5. The molecule has 0 aliphatic carbocycles. The lowest BCUT2D eigenvalue weighted by Gasteiger charge is -2.20. The average molecular weight is 420 g/mol. The van der Waals surface area contributed by atoms with Crippen LogP contribution in [0, 0.1) is 0 Å². The molecule has 0 amide bonds. The van der Waals surface area contributed by atoms with Crippen LogP contribution >= 0.6 is 0 Å². The monoisotopic (exact) mass is 419 g/mol. The van der Waals surface area contributed by atoms with E-state index in [1.807, 2.05) is 25.1 Å². The maximum absolute atomic E-state index is 6.14. The lowest BCUT2D eigenvalue weighted by Crippen LogP contribution is -2.26. The van der Waals surface area contributed by atoms with Gasteiger partial charge in [-0.05, 0) is 62.7 Å². The molecule has 2 heterocycles. The fraction of sp³-hybridized carbons (Fsp3) is 0.423. The van der Waals surface area contributed by atoms with Gasteiger partial charge in [0.2, 0.25) is 0 Å². The zero-order valence-electron chi connectivity index (χ0n) is 18.7. The Morgan fingerprint density at radius 3 is 2.58 bits per heavy atom. The van der Waals surface area contributed by atoms with Crippen molar-refractivity contribution < 1.29 is 9.47 Å². The normalized spacial score (nSPS) is 15.4. The fourth-order valence-electron chi connectivity index (χ4n) is 4.34. The summed E-state index contributed by atoms with van der Waals surface area (Å²) < 4.78 is 14.0. The van der Waals surface area contributed by atoms with E-state index >= 15 is 0 Å². The van der Waals surface area contributed by atoms with Gasteiger partial charge in [0.1, 0.15) is 12.4 Å². The highest BCUT2D eigenvalue weighted by Gasteiger charge is 2.16. The van der Waals surface area contributed by atoms with Crippen LogP contribution < -0.4 is 9.47 Å². The van der Waals surface area contributed by atoms with E-state index in [-0.39, 0.29) is 0 Å². The third-order valence-corrected chi connectivity index (χ3v) is 5.92. The minimum atomic E-state index is 0.562. The Morgan fingerprint density at radius 1 is 1.00 bits per heavy atom. The first-order chi connectivity index (χ1) is 15.3. The van der Waals surface area contributed by atoms with Gasteiger partial charge in [-0.25, -0.2) is 4.98 Å². The highest BCUT2D eigenvalue weighted by molar-refractivity contribution is 5.75. The summed E-state index contributed by atoms with van der Waals surface area (Å²) in [5.41, 5.74) is 3.33. The third-order valence-electron chi connectivity index (χ3n) is 5.92. The Labute approximate surface area is 185 Å². The first kappa shape index (κ1) is 21.4. The van der Waals surface area contributed by atoms with Crippen LogP contribution in [0.15, 0.2) is 48.5 Å². The van der Waals surface area contributed by atoms with Crippen molar-refractivity contribution in [2.45, 2.75) is 45.7 Å². The van der Waals surface area contributed by atoms with Crippen LogP contribution in [-0.2, 0) is 13.1 Å². The van der Waals surface area contributed by atoms with Crippen molar-refractivity contribution in [3.63, 3.8) is 0 Å². The molecule has 164 valence electrons. The fourth-order valence-corrected chi connectivity index (χ4v) is 4.34. The summed E-state index contributed by atoms with van der Waals surface area (Å²) in [5, 5.41) is 0. The number of fused-ring (bicyclic) bond motifs is 1. The molecule has 1 fully saturated rings. The number of nitrogens with zero attached hydrogens (tertiary/aromatic N) is 3. The van der Waals surface area contributed by atoms with Gasteiger partial charge in [-0.3, -0.25) is 4.90 Å². The van der Waals surface area contributed by atoms with E-state index in [1.165, 1.54) is 31.2 Å². The number of rotatable bonds is 8.